The van der Waals surface area contributed by atoms with Crippen molar-refractivity contribution in [3.8, 4) is 0 Å². The third-order valence-electron chi connectivity index (χ3n) is 3.13. The number of nitrogens with one attached hydrogen (secondary N) is 2. The zero-order chi connectivity index (χ0) is 14.7. The van der Waals surface area contributed by atoms with Gasteiger partial charge in [-0.2, -0.15) is 5.10 Å². The van der Waals surface area contributed by atoms with E-state index >= 15 is 0 Å². The minimum atomic E-state index is -0.0922. The summed E-state index contributed by atoms with van der Waals surface area (Å²) in [5, 5.41) is 10.8. The van der Waals surface area contributed by atoms with Gasteiger partial charge < -0.3 is 5.32 Å². The van der Waals surface area contributed by atoms with Crippen LogP contribution >= 0.6 is 11.8 Å². The monoisotopic (exact) mass is 297 g/mol. The Morgan fingerprint density at radius 2 is 2.14 bits per heavy atom. The molecule has 0 spiro atoms. The number of rotatable bonds is 4. The third-order valence-corrected chi connectivity index (χ3v) is 4.09. The first-order chi connectivity index (χ1) is 10.3. The number of hydrogen-bond acceptors (Lipinski definition) is 3. The summed E-state index contributed by atoms with van der Waals surface area (Å²) >= 11 is 1.67. The third kappa shape index (κ3) is 2.92. The van der Waals surface area contributed by atoms with Crippen molar-refractivity contribution in [2.75, 3.05) is 11.1 Å². The van der Waals surface area contributed by atoms with E-state index in [0.717, 1.165) is 27.2 Å². The molecule has 0 bridgehead atoms. The maximum atomic E-state index is 12.4. The molecule has 1 aromatic heterocycles. The molecular formula is C16H15N3OS. The number of aromatic amines is 1. The zero-order valence-electron chi connectivity index (χ0n) is 11.6. The number of benzene rings is 2. The Labute approximate surface area is 126 Å². The van der Waals surface area contributed by atoms with Crippen LogP contribution < -0.4 is 5.32 Å². The molecule has 0 radical (unpaired) electrons. The van der Waals surface area contributed by atoms with Gasteiger partial charge in [-0.05, 0) is 36.1 Å². The van der Waals surface area contributed by atoms with E-state index in [-0.39, 0.29) is 5.91 Å². The fraction of sp³-hybridized carbons (Fsp3) is 0.125. The molecule has 0 unspecified atom stereocenters. The molecule has 0 atom stereocenters. The highest BCUT2D eigenvalue weighted by molar-refractivity contribution is 7.99. The van der Waals surface area contributed by atoms with Crippen LogP contribution in [0.5, 0.6) is 0 Å². The Morgan fingerprint density at radius 1 is 1.29 bits per heavy atom. The molecule has 0 aliphatic heterocycles. The van der Waals surface area contributed by atoms with Crippen molar-refractivity contribution in [2.24, 2.45) is 0 Å². The molecular weight excluding hydrogens is 282 g/mol. The Bertz CT molecular complexity index is 782. The smallest absolute Gasteiger partial charge is 0.256 e. The van der Waals surface area contributed by atoms with Gasteiger partial charge in [0.15, 0.2) is 0 Å². The van der Waals surface area contributed by atoms with E-state index in [1.807, 2.05) is 42.5 Å². The number of carbonyl (C=O) groups is 1. The number of nitrogens with zero attached hydrogens (tertiary/aromatic N) is 1. The Hall–Kier alpha value is -2.27. The van der Waals surface area contributed by atoms with Crippen LogP contribution in [-0.4, -0.2) is 21.9 Å². The van der Waals surface area contributed by atoms with Crippen LogP contribution in [0.2, 0.25) is 0 Å². The summed E-state index contributed by atoms with van der Waals surface area (Å²) in [5.74, 6) is 0.843. The standard InChI is InChI=1S/C16H15N3OS/c1-2-21-15-6-4-3-5-13(15)16(20)18-12-8-7-11-10-17-19-14(11)9-12/h3-10H,2H2,1H3,(H,17,19)(H,18,20). The van der Waals surface area contributed by atoms with E-state index in [4.69, 9.17) is 0 Å². The Morgan fingerprint density at radius 3 is 3.00 bits per heavy atom. The molecule has 0 saturated heterocycles. The number of thioether (sulfide) groups is 1. The topological polar surface area (TPSA) is 57.8 Å². The van der Waals surface area contributed by atoms with Crippen molar-refractivity contribution in [1.29, 1.82) is 0 Å². The highest BCUT2D eigenvalue weighted by Crippen LogP contribution is 2.24. The molecule has 106 valence electrons. The maximum absolute atomic E-state index is 12.4. The van der Waals surface area contributed by atoms with Crippen LogP contribution in [0.1, 0.15) is 17.3 Å². The zero-order valence-corrected chi connectivity index (χ0v) is 12.4. The van der Waals surface area contributed by atoms with E-state index in [9.17, 15) is 4.79 Å². The molecule has 3 rings (SSSR count). The molecule has 2 aromatic carbocycles. The summed E-state index contributed by atoms with van der Waals surface area (Å²) in [4.78, 5) is 13.4. The number of carbonyl (C=O) groups excluding carboxylic acids is 1. The minimum Gasteiger partial charge on any atom is -0.322 e. The second-order valence-electron chi connectivity index (χ2n) is 4.56. The molecule has 21 heavy (non-hydrogen) atoms. The molecule has 4 nitrogen and oxygen atoms in total. The predicted molar refractivity (Wildman–Crippen MR) is 86.9 cm³/mol. The van der Waals surface area contributed by atoms with Gasteiger partial charge in [-0.1, -0.05) is 19.1 Å². The molecule has 0 aliphatic carbocycles. The van der Waals surface area contributed by atoms with Gasteiger partial charge in [0.05, 0.1) is 17.3 Å². The quantitative estimate of drug-likeness (QED) is 0.717. The summed E-state index contributed by atoms with van der Waals surface area (Å²) < 4.78 is 0. The van der Waals surface area contributed by atoms with Crippen LogP contribution in [0.4, 0.5) is 5.69 Å². The maximum Gasteiger partial charge on any atom is 0.256 e. The van der Waals surface area contributed by atoms with Gasteiger partial charge in [0.2, 0.25) is 0 Å². The Kier molecular flexibility index (Phi) is 3.92. The molecule has 5 heteroatoms. The first-order valence-electron chi connectivity index (χ1n) is 6.74. The molecule has 0 aliphatic rings. The fourth-order valence-corrected chi connectivity index (χ4v) is 2.95. The number of anilines is 1. The largest absolute Gasteiger partial charge is 0.322 e. The van der Waals surface area contributed by atoms with Crippen molar-refractivity contribution >= 4 is 34.3 Å². The second kappa shape index (κ2) is 6.01. The van der Waals surface area contributed by atoms with Gasteiger partial charge in [0.1, 0.15) is 0 Å². The van der Waals surface area contributed by atoms with Gasteiger partial charge >= 0.3 is 0 Å². The molecule has 1 heterocycles. The van der Waals surface area contributed by atoms with E-state index in [1.165, 1.54) is 0 Å². The van der Waals surface area contributed by atoms with Crippen LogP contribution in [0.15, 0.2) is 53.6 Å². The lowest BCUT2D eigenvalue weighted by Gasteiger charge is -2.09. The average Bonchev–Trinajstić information content (AvgIpc) is 2.95. The van der Waals surface area contributed by atoms with Crippen molar-refractivity contribution in [3.05, 3.63) is 54.2 Å². The van der Waals surface area contributed by atoms with Crippen molar-refractivity contribution < 1.29 is 4.79 Å². The van der Waals surface area contributed by atoms with E-state index < -0.39 is 0 Å². The average molecular weight is 297 g/mol. The number of amides is 1. The fourth-order valence-electron chi connectivity index (χ4n) is 2.15. The first kappa shape index (κ1) is 13.7. The van der Waals surface area contributed by atoms with Gasteiger partial charge in [0, 0.05) is 16.0 Å². The van der Waals surface area contributed by atoms with Crippen molar-refractivity contribution in [1.82, 2.24) is 10.2 Å². The lowest BCUT2D eigenvalue weighted by atomic mass is 10.2. The van der Waals surface area contributed by atoms with Gasteiger partial charge in [-0.15, -0.1) is 11.8 Å². The lowest BCUT2D eigenvalue weighted by Crippen LogP contribution is -2.12. The van der Waals surface area contributed by atoms with Crippen LogP contribution in [0.25, 0.3) is 10.9 Å². The number of fused-ring (bicyclic) bond motifs is 1. The van der Waals surface area contributed by atoms with Crippen LogP contribution in [0, 0.1) is 0 Å². The lowest BCUT2D eigenvalue weighted by molar-refractivity contribution is 0.102. The first-order valence-corrected chi connectivity index (χ1v) is 7.73. The van der Waals surface area contributed by atoms with Crippen molar-refractivity contribution in [2.45, 2.75) is 11.8 Å². The van der Waals surface area contributed by atoms with Crippen LogP contribution in [-0.2, 0) is 0 Å². The second-order valence-corrected chi connectivity index (χ2v) is 5.86. The van der Waals surface area contributed by atoms with Crippen LogP contribution in [0.3, 0.4) is 0 Å². The highest BCUT2D eigenvalue weighted by atomic mass is 32.2. The summed E-state index contributed by atoms with van der Waals surface area (Å²) in [6.45, 7) is 2.07. The van der Waals surface area contributed by atoms with E-state index in [2.05, 4.69) is 22.4 Å². The number of aromatic nitrogens is 2. The minimum absolute atomic E-state index is 0.0922. The molecule has 2 N–H and O–H groups in total. The summed E-state index contributed by atoms with van der Waals surface area (Å²) in [6, 6.07) is 13.4. The van der Waals surface area contributed by atoms with Gasteiger partial charge in [-0.25, -0.2) is 0 Å². The molecule has 0 saturated carbocycles. The van der Waals surface area contributed by atoms with Gasteiger partial charge in [-0.3, -0.25) is 9.89 Å². The molecule has 0 fully saturated rings. The number of H-pyrrole nitrogens is 1. The highest BCUT2D eigenvalue weighted by Gasteiger charge is 2.11. The number of hydrogen-bond donors (Lipinski definition) is 2. The Balaban J connectivity index is 1.85. The SMILES string of the molecule is CCSc1ccccc1C(=O)Nc1ccc2cn[nH]c2c1. The normalized spacial score (nSPS) is 10.7. The van der Waals surface area contributed by atoms with E-state index in [1.54, 1.807) is 18.0 Å². The predicted octanol–water partition coefficient (Wildman–Crippen LogP) is 3.93. The van der Waals surface area contributed by atoms with E-state index in [0.29, 0.717) is 5.56 Å². The summed E-state index contributed by atoms with van der Waals surface area (Å²) in [7, 11) is 0. The summed E-state index contributed by atoms with van der Waals surface area (Å²) in [6.07, 6.45) is 1.76. The molecule has 3 aromatic rings. The van der Waals surface area contributed by atoms with Crippen molar-refractivity contribution in [3.63, 3.8) is 0 Å². The molecule has 1 amide bonds. The summed E-state index contributed by atoms with van der Waals surface area (Å²) in [5.41, 5.74) is 2.37. The van der Waals surface area contributed by atoms with Gasteiger partial charge in [0.25, 0.3) is 5.91 Å².